The van der Waals surface area contributed by atoms with Gasteiger partial charge in [0.2, 0.25) is 0 Å². The Morgan fingerprint density at radius 2 is 2.12 bits per heavy atom. The highest BCUT2D eigenvalue weighted by Gasteiger charge is 2.01. The number of anilines is 1. The van der Waals surface area contributed by atoms with Crippen LogP contribution in [-0.2, 0) is 6.54 Å². The predicted octanol–water partition coefficient (Wildman–Crippen LogP) is 2.85. The Hall–Kier alpha value is -2.10. The summed E-state index contributed by atoms with van der Waals surface area (Å²) in [4.78, 5) is 4.04. The molecule has 0 spiro atoms. The van der Waals surface area contributed by atoms with Crippen LogP contribution >= 0.6 is 0 Å². The van der Waals surface area contributed by atoms with Gasteiger partial charge in [-0.3, -0.25) is 4.98 Å². The van der Waals surface area contributed by atoms with Crippen molar-refractivity contribution in [1.82, 2.24) is 4.98 Å². The highest BCUT2D eigenvalue weighted by molar-refractivity contribution is 5.50. The van der Waals surface area contributed by atoms with Crippen molar-refractivity contribution in [2.24, 2.45) is 0 Å². The first kappa shape index (κ1) is 11.4. The monoisotopic (exact) mass is 232 g/mol. The van der Waals surface area contributed by atoms with Crippen molar-refractivity contribution in [2.45, 2.75) is 13.5 Å². The summed E-state index contributed by atoms with van der Waals surface area (Å²) in [6, 6.07) is 7.90. The normalized spacial score (nSPS) is 10.2. The lowest BCUT2D eigenvalue weighted by atomic mass is 10.2. The summed E-state index contributed by atoms with van der Waals surface area (Å²) in [5.41, 5.74) is 2.51. The van der Waals surface area contributed by atoms with Crippen molar-refractivity contribution in [3.63, 3.8) is 0 Å². The lowest BCUT2D eigenvalue weighted by Gasteiger charge is -2.09. The molecule has 0 radical (unpaired) electrons. The predicted molar refractivity (Wildman–Crippen MR) is 64.4 cm³/mol. The number of aryl methyl sites for hydroxylation is 1. The minimum atomic E-state index is -0.267. The first-order valence-corrected chi connectivity index (χ1v) is 5.29. The molecule has 1 heterocycles. The molecule has 2 aromatic rings. The summed E-state index contributed by atoms with van der Waals surface area (Å²) in [5, 5.41) is 12.2. The second-order valence-corrected chi connectivity index (χ2v) is 3.82. The molecule has 4 heteroatoms. The Morgan fingerprint density at radius 3 is 2.82 bits per heavy atom. The van der Waals surface area contributed by atoms with Crippen LogP contribution in [0.1, 0.15) is 11.3 Å². The summed E-state index contributed by atoms with van der Waals surface area (Å²) < 4.78 is 13.0. The van der Waals surface area contributed by atoms with Gasteiger partial charge in [0.05, 0.1) is 18.4 Å². The summed E-state index contributed by atoms with van der Waals surface area (Å²) in [6.45, 7) is 2.40. The highest BCUT2D eigenvalue weighted by atomic mass is 19.1. The largest absolute Gasteiger partial charge is 0.506 e. The number of benzene rings is 1. The van der Waals surface area contributed by atoms with Crippen molar-refractivity contribution < 1.29 is 9.50 Å². The Kier molecular flexibility index (Phi) is 3.23. The molecule has 17 heavy (non-hydrogen) atoms. The maximum absolute atomic E-state index is 13.0. The number of halogens is 1. The first-order chi connectivity index (χ1) is 8.15. The maximum atomic E-state index is 13.0. The number of aromatic hydroxyl groups is 1. The molecule has 2 N–H and O–H groups in total. The van der Waals surface area contributed by atoms with Crippen LogP contribution in [0.25, 0.3) is 0 Å². The van der Waals surface area contributed by atoms with Gasteiger partial charge in [-0.05, 0) is 36.8 Å². The fourth-order valence-electron chi connectivity index (χ4n) is 1.49. The van der Waals surface area contributed by atoms with Gasteiger partial charge < -0.3 is 10.4 Å². The maximum Gasteiger partial charge on any atom is 0.133 e. The van der Waals surface area contributed by atoms with Gasteiger partial charge in [0.25, 0.3) is 0 Å². The quantitative estimate of drug-likeness (QED) is 0.855. The average molecular weight is 232 g/mol. The van der Waals surface area contributed by atoms with Gasteiger partial charge in [0.15, 0.2) is 0 Å². The second kappa shape index (κ2) is 4.82. The van der Waals surface area contributed by atoms with E-state index in [9.17, 15) is 4.39 Å². The molecule has 2 rings (SSSR count). The molecule has 0 fully saturated rings. The van der Waals surface area contributed by atoms with Crippen molar-refractivity contribution in [3.8, 4) is 5.75 Å². The molecule has 0 bridgehead atoms. The van der Waals surface area contributed by atoms with E-state index in [1.807, 2.05) is 6.92 Å². The van der Waals surface area contributed by atoms with Crippen molar-refractivity contribution in [1.29, 1.82) is 0 Å². The van der Waals surface area contributed by atoms with Gasteiger partial charge in [-0.15, -0.1) is 0 Å². The number of nitrogens with one attached hydrogen (secondary N) is 1. The number of aromatic nitrogens is 1. The van der Waals surface area contributed by atoms with E-state index in [1.165, 1.54) is 18.3 Å². The molecule has 0 amide bonds. The van der Waals surface area contributed by atoms with Crippen LogP contribution in [0.15, 0.2) is 36.5 Å². The van der Waals surface area contributed by atoms with Crippen LogP contribution in [0, 0.1) is 12.7 Å². The van der Waals surface area contributed by atoms with E-state index in [4.69, 9.17) is 5.11 Å². The zero-order chi connectivity index (χ0) is 12.3. The molecule has 0 aliphatic rings. The molecule has 1 aromatic carbocycles. The molecule has 0 atom stereocenters. The second-order valence-electron chi connectivity index (χ2n) is 3.82. The first-order valence-electron chi connectivity index (χ1n) is 5.29. The van der Waals surface area contributed by atoms with E-state index in [0.29, 0.717) is 6.54 Å². The van der Waals surface area contributed by atoms with Crippen LogP contribution in [0.2, 0.25) is 0 Å². The molecular weight excluding hydrogens is 219 g/mol. The zero-order valence-electron chi connectivity index (χ0n) is 9.44. The minimum absolute atomic E-state index is 0.135. The number of rotatable bonds is 3. The summed E-state index contributed by atoms with van der Waals surface area (Å²) in [5.74, 6) is -0.132. The zero-order valence-corrected chi connectivity index (χ0v) is 9.44. The third kappa shape index (κ3) is 2.93. The lowest BCUT2D eigenvalue weighted by Crippen LogP contribution is -2.02. The van der Waals surface area contributed by atoms with E-state index >= 15 is 0 Å². The Morgan fingerprint density at radius 1 is 1.29 bits per heavy atom. The Bertz CT molecular complexity index is 511. The van der Waals surface area contributed by atoms with E-state index < -0.39 is 0 Å². The van der Waals surface area contributed by atoms with E-state index in [1.54, 1.807) is 18.2 Å². The summed E-state index contributed by atoms with van der Waals surface area (Å²) in [7, 11) is 0. The summed E-state index contributed by atoms with van der Waals surface area (Å²) >= 11 is 0. The third-order valence-electron chi connectivity index (χ3n) is 2.47. The SMILES string of the molecule is Cc1ccc(F)cc1NCc1ccc(O)cn1. The molecule has 0 aliphatic heterocycles. The number of hydrogen-bond donors (Lipinski definition) is 2. The third-order valence-corrected chi connectivity index (χ3v) is 2.47. The van der Waals surface area contributed by atoms with Gasteiger partial charge in [0, 0.05) is 5.69 Å². The van der Waals surface area contributed by atoms with Crippen molar-refractivity contribution in [2.75, 3.05) is 5.32 Å². The molecule has 0 aliphatic carbocycles. The molecule has 0 saturated carbocycles. The smallest absolute Gasteiger partial charge is 0.133 e. The van der Waals surface area contributed by atoms with Crippen molar-refractivity contribution in [3.05, 3.63) is 53.6 Å². The van der Waals surface area contributed by atoms with E-state index in [-0.39, 0.29) is 11.6 Å². The van der Waals surface area contributed by atoms with Gasteiger partial charge in [-0.2, -0.15) is 0 Å². The highest BCUT2D eigenvalue weighted by Crippen LogP contribution is 2.17. The molecule has 0 unspecified atom stereocenters. The molecule has 0 saturated heterocycles. The molecule has 88 valence electrons. The van der Waals surface area contributed by atoms with Gasteiger partial charge in [-0.1, -0.05) is 6.07 Å². The van der Waals surface area contributed by atoms with Gasteiger partial charge in [0.1, 0.15) is 11.6 Å². The molecule has 3 nitrogen and oxygen atoms in total. The Labute approximate surface area is 98.9 Å². The van der Waals surface area contributed by atoms with Crippen LogP contribution in [0.3, 0.4) is 0 Å². The molecular formula is C13H13FN2O. The van der Waals surface area contributed by atoms with Crippen LogP contribution in [0.4, 0.5) is 10.1 Å². The lowest BCUT2D eigenvalue weighted by molar-refractivity contribution is 0.472. The van der Waals surface area contributed by atoms with E-state index in [0.717, 1.165) is 16.9 Å². The fourth-order valence-corrected chi connectivity index (χ4v) is 1.49. The summed E-state index contributed by atoms with van der Waals surface area (Å²) in [6.07, 6.45) is 1.38. The number of pyridine rings is 1. The topological polar surface area (TPSA) is 45.1 Å². The standard InChI is InChI=1S/C13H13FN2O/c1-9-2-3-10(14)6-13(9)16-7-11-4-5-12(17)8-15-11/h2-6,8,16-17H,7H2,1H3. The number of nitrogens with zero attached hydrogens (tertiary/aromatic N) is 1. The minimum Gasteiger partial charge on any atom is -0.506 e. The molecule has 1 aromatic heterocycles. The van der Waals surface area contributed by atoms with Crippen molar-refractivity contribution >= 4 is 5.69 Å². The van der Waals surface area contributed by atoms with Gasteiger partial charge in [-0.25, -0.2) is 4.39 Å². The van der Waals surface area contributed by atoms with Crippen LogP contribution in [-0.4, -0.2) is 10.1 Å². The van der Waals surface area contributed by atoms with Crippen LogP contribution in [0.5, 0.6) is 5.75 Å². The van der Waals surface area contributed by atoms with Crippen LogP contribution < -0.4 is 5.32 Å². The Balaban J connectivity index is 2.07. The van der Waals surface area contributed by atoms with E-state index in [2.05, 4.69) is 10.3 Å². The average Bonchev–Trinajstić information content (AvgIpc) is 2.32. The number of hydrogen-bond acceptors (Lipinski definition) is 3. The van der Waals surface area contributed by atoms with Gasteiger partial charge >= 0.3 is 0 Å². The fraction of sp³-hybridized carbons (Fsp3) is 0.154.